The van der Waals surface area contributed by atoms with Crippen LogP contribution in [-0.4, -0.2) is 31.8 Å². The van der Waals surface area contributed by atoms with Crippen molar-refractivity contribution in [2.45, 2.75) is 18.1 Å². The number of imidazole rings is 1. The van der Waals surface area contributed by atoms with Gasteiger partial charge in [-0.3, -0.25) is 0 Å². The lowest BCUT2D eigenvalue weighted by atomic mass is 10.1. The molecule has 1 atom stereocenters. The van der Waals surface area contributed by atoms with Crippen LogP contribution in [0.3, 0.4) is 0 Å². The number of rotatable bonds is 6. The summed E-state index contributed by atoms with van der Waals surface area (Å²) in [6.45, 7) is 1.60. The lowest BCUT2D eigenvalue weighted by Crippen LogP contribution is -2.12. The van der Waals surface area contributed by atoms with E-state index >= 15 is 0 Å². The van der Waals surface area contributed by atoms with E-state index in [2.05, 4.69) is 9.97 Å². The van der Waals surface area contributed by atoms with Crippen molar-refractivity contribution in [3.63, 3.8) is 0 Å². The second kappa shape index (κ2) is 7.81. The predicted molar refractivity (Wildman–Crippen MR) is 103 cm³/mol. The summed E-state index contributed by atoms with van der Waals surface area (Å²) in [7, 11) is -2.00. The summed E-state index contributed by atoms with van der Waals surface area (Å²) in [6, 6.07) is 11.0. The number of nitrogens with zero attached hydrogens (tertiary/aromatic N) is 1. The van der Waals surface area contributed by atoms with Gasteiger partial charge in [0.25, 0.3) is 0 Å². The molecule has 2 aromatic carbocycles. The number of halogens is 2. The van der Waals surface area contributed by atoms with Crippen molar-refractivity contribution >= 4 is 21.4 Å². The van der Waals surface area contributed by atoms with E-state index in [1.165, 1.54) is 25.3 Å². The van der Waals surface area contributed by atoms with Gasteiger partial charge in [-0.05, 0) is 31.2 Å². The van der Waals surface area contributed by atoms with Gasteiger partial charge < -0.3 is 14.5 Å². The molecular weight excluding hydrogens is 407 g/mol. The third-order valence-corrected chi connectivity index (χ3v) is 5.39. The Hall–Kier alpha value is -2.58. The minimum absolute atomic E-state index is 0.0741. The zero-order chi connectivity index (χ0) is 20.5. The average Bonchev–Trinajstić information content (AvgIpc) is 3.04. The van der Waals surface area contributed by atoms with Crippen molar-refractivity contribution < 1.29 is 22.3 Å². The van der Waals surface area contributed by atoms with E-state index in [0.717, 1.165) is 6.26 Å². The Bertz CT molecular complexity index is 1110. The maximum absolute atomic E-state index is 13.6. The summed E-state index contributed by atoms with van der Waals surface area (Å²) < 4.78 is 48.8. The number of ether oxygens (including phenoxy) is 2. The molecule has 0 aliphatic carbocycles. The molecule has 0 saturated carbocycles. The lowest BCUT2D eigenvalue weighted by Gasteiger charge is -2.18. The Balaban J connectivity index is 2.10. The molecular formula is C19H18ClFN2O4S. The minimum Gasteiger partial charge on any atom is -0.497 e. The van der Waals surface area contributed by atoms with Crippen LogP contribution in [0.4, 0.5) is 4.39 Å². The summed E-state index contributed by atoms with van der Waals surface area (Å²) in [5, 5.41) is -0.154. The second-order valence-corrected chi connectivity index (χ2v) is 8.51. The molecule has 1 N–H and O–H groups in total. The van der Waals surface area contributed by atoms with E-state index in [1.54, 1.807) is 31.2 Å². The number of hydrogen-bond donors (Lipinski definition) is 1. The quantitative estimate of drug-likeness (QED) is 0.644. The van der Waals surface area contributed by atoms with Crippen LogP contribution in [0, 0.1) is 12.7 Å². The summed E-state index contributed by atoms with van der Waals surface area (Å²) in [5.74, 6) is 0.724. The number of aromatic nitrogens is 2. The van der Waals surface area contributed by atoms with Gasteiger partial charge in [0, 0.05) is 17.9 Å². The van der Waals surface area contributed by atoms with Gasteiger partial charge >= 0.3 is 0 Å². The van der Waals surface area contributed by atoms with Crippen molar-refractivity contribution in [2.24, 2.45) is 0 Å². The summed E-state index contributed by atoms with van der Waals surface area (Å²) in [5.41, 5.74) is 0.882. The van der Waals surface area contributed by atoms with E-state index in [9.17, 15) is 12.8 Å². The van der Waals surface area contributed by atoms with Crippen molar-refractivity contribution in [3.8, 4) is 11.5 Å². The molecule has 0 amide bonds. The van der Waals surface area contributed by atoms with Crippen molar-refractivity contribution in [1.29, 1.82) is 0 Å². The second-order valence-electron chi connectivity index (χ2n) is 6.17. The van der Waals surface area contributed by atoms with Crippen LogP contribution < -0.4 is 9.47 Å². The smallest absolute Gasteiger partial charge is 0.194 e. The Labute approximate surface area is 167 Å². The highest BCUT2D eigenvalue weighted by Gasteiger charge is 2.25. The van der Waals surface area contributed by atoms with Crippen LogP contribution in [0.2, 0.25) is 5.02 Å². The monoisotopic (exact) mass is 424 g/mol. The Morgan fingerprint density at radius 2 is 1.89 bits per heavy atom. The molecule has 28 heavy (non-hydrogen) atoms. The van der Waals surface area contributed by atoms with Gasteiger partial charge in [0.15, 0.2) is 26.8 Å². The molecule has 0 fully saturated rings. The molecule has 0 spiro atoms. The zero-order valence-corrected chi connectivity index (χ0v) is 16.9. The lowest BCUT2D eigenvalue weighted by molar-refractivity contribution is 0.236. The number of nitrogens with one attached hydrogen (secondary N) is 1. The van der Waals surface area contributed by atoms with Gasteiger partial charge in [-0.2, -0.15) is 0 Å². The predicted octanol–water partition coefficient (Wildman–Crippen LogP) is 4.09. The molecule has 0 bridgehead atoms. The van der Waals surface area contributed by atoms with Crippen LogP contribution in [0.25, 0.3) is 0 Å². The Morgan fingerprint density at radius 1 is 1.18 bits per heavy atom. The van der Waals surface area contributed by atoms with Gasteiger partial charge in [-0.15, -0.1) is 0 Å². The molecule has 3 aromatic rings. The number of H-pyrrole nitrogens is 1. The molecule has 9 heteroatoms. The van der Waals surface area contributed by atoms with Crippen LogP contribution in [0.5, 0.6) is 11.5 Å². The average molecular weight is 425 g/mol. The van der Waals surface area contributed by atoms with Crippen LogP contribution in [0.1, 0.15) is 23.2 Å². The van der Waals surface area contributed by atoms with E-state index in [1.807, 2.05) is 0 Å². The third-order valence-electron chi connectivity index (χ3n) is 4.00. The van der Waals surface area contributed by atoms with Gasteiger partial charge in [-0.25, -0.2) is 17.8 Å². The van der Waals surface area contributed by atoms with Gasteiger partial charge in [0.05, 0.1) is 17.8 Å². The summed E-state index contributed by atoms with van der Waals surface area (Å²) in [4.78, 5) is 7.16. The Morgan fingerprint density at radius 3 is 2.50 bits per heavy atom. The fourth-order valence-corrected chi connectivity index (χ4v) is 3.78. The first-order valence-corrected chi connectivity index (χ1v) is 10.5. The molecule has 0 aliphatic rings. The first kappa shape index (κ1) is 20.2. The van der Waals surface area contributed by atoms with Crippen LogP contribution in [-0.2, 0) is 9.84 Å². The van der Waals surface area contributed by atoms with Gasteiger partial charge in [0.1, 0.15) is 17.3 Å². The fourth-order valence-electron chi connectivity index (χ4n) is 2.72. The highest BCUT2D eigenvalue weighted by Crippen LogP contribution is 2.32. The van der Waals surface area contributed by atoms with Gasteiger partial charge in [0.2, 0.25) is 0 Å². The molecule has 0 radical (unpaired) electrons. The number of methoxy groups -OCH3 is 1. The highest BCUT2D eigenvalue weighted by atomic mass is 35.5. The fraction of sp³-hybridized carbons (Fsp3) is 0.211. The maximum Gasteiger partial charge on any atom is 0.194 e. The van der Waals surface area contributed by atoms with E-state index in [4.69, 9.17) is 21.1 Å². The molecule has 1 heterocycles. The number of aryl methyl sites for hydroxylation is 1. The van der Waals surface area contributed by atoms with Gasteiger partial charge in [-0.1, -0.05) is 23.7 Å². The van der Waals surface area contributed by atoms with E-state index in [0.29, 0.717) is 22.8 Å². The van der Waals surface area contributed by atoms with E-state index in [-0.39, 0.29) is 15.9 Å². The zero-order valence-electron chi connectivity index (χ0n) is 15.4. The number of sulfone groups is 1. The highest BCUT2D eigenvalue weighted by molar-refractivity contribution is 7.90. The summed E-state index contributed by atoms with van der Waals surface area (Å²) >= 11 is 5.93. The van der Waals surface area contributed by atoms with Crippen LogP contribution >= 0.6 is 11.6 Å². The molecule has 6 nitrogen and oxygen atoms in total. The number of hydrogen-bond acceptors (Lipinski definition) is 5. The maximum atomic E-state index is 13.6. The first-order valence-electron chi connectivity index (χ1n) is 8.21. The standard InChI is InChI=1S/C19H18ClFN2O4S/c1-11-19(28(3,24)25)23-18(22-11)17(12-7-8-16(21)15(20)9-12)27-14-6-4-5-13(10-14)26-2/h4-10,17H,1-3H3,(H,22,23). The molecule has 148 valence electrons. The molecule has 0 saturated heterocycles. The van der Waals surface area contributed by atoms with Crippen molar-refractivity contribution in [1.82, 2.24) is 9.97 Å². The minimum atomic E-state index is -3.53. The van der Waals surface area contributed by atoms with Crippen molar-refractivity contribution in [3.05, 3.63) is 70.4 Å². The topological polar surface area (TPSA) is 81.3 Å². The summed E-state index contributed by atoms with van der Waals surface area (Å²) in [6.07, 6.45) is 0.228. The first-order chi connectivity index (χ1) is 13.2. The number of aromatic amines is 1. The Kier molecular flexibility index (Phi) is 5.62. The molecule has 0 aliphatic heterocycles. The molecule has 1 unspecified atom stereocenters. The molecule has 1 aromatic heterocycles. The normalized spacial score (nSPS) is 12.6. The van der Waals surface area contributed by atoms with Crippen LogP contribution in [0.15, 0.2) is 47.5 Å². The number of benzene rings is 2. The molecule has 3 rings (SSSR count). The van der Waals surface area contributed by atoms with E-state index < -0.39 is 21.8 Å². The third kappa shape index (κ3) is 4.28. The SMILES string of the molecule is COc1cccc(OC(c2ccc(F)c(Cl)c2)c2nc(S(C)(=O)=O)c(C)[nH]2)c1. The van der Waals surface area contributed by atoms with Crippen molar-refractivity contribution in [2.75, 3.05) is 13.4 Å². The largest absolute Gasteiger partial charge is 0.497 e.